The maximum Gasteiger partial charge on any atom is 0.0664 e. The molecule has 12 heavy (non-hydrogen) atoms. The van der Waals surface area contributed by atoms with Gasteiger partial charge in [0.1, 0.15) is 0 Å². The van der Waals surface area contributed by atoms with E-state index >= 15 is 0 Å². The van der Waals surface area contributed by atoms with E-state index in [4.69, 9.17) is 5.73 Å². The summed E-state index contributed by atoms with van der Waals surface area (Å²) in [5, 5.41) is 9.37. The maximum absolute atomic E-state index is 9.37. The fourth-order valence-corrected chi connectivity index (χ4v) is 1.63. The van der Waals surface area contributed by atoms with E-state index in [1.807, 2.05) is 6.92 Å². The lowest BCUT2D eigenvalue weighted by Gasteiger charge is -2.36. The molecule has 1 heterocycles. The fraction of sp³-hybridized carbons (Fsp3) is 1.00. The monoisotopic (exact) mass is 172 g/mol. The summed E-state index contributed by atoms with van der Waals surface area (Å²) < 4.78 is 0. The second kappa shape index (κ2) is 4.21. The van der Waals surface area contributed by atoms with E-state index in [1.165, 1.54) is 0 Å². The molecule has 0 aliphatic carbocycles. The molecule has 0 aromatic heterocycles. The Hall–Kier alpha value is -0.120. The molecule has 72 valence electrons. The number of nitrogens with two attached hydrogens (primary N) is 1. The quantitative estimate of drug-likeness (QED) is 0.624. The molecule has 3 heteroatoms. The van der Waals surface area contributed by atoms with E-state index in [0.29, 0.717) is 6.04 Å². The predicted octanol–water partition coefficient (Wildman–Crippen LogP) is 0.179. The first-order valence-electron chi connectivity index (χ1n) is 4.79. The van der Waals surface area contributed by atoms with Crippen LogP contribution in [0.5, 0.6) is 0 Å². The lowest BCUT2D eigenvalue weighted by atomic mass is 10.0. The van der Waals surface area contributed by atoms with Crippen LogP contribution in [0.1, 0.15) is 26.7 Å². The SMILES string of the molecule is CC(O)C(C)N1CCC(N)CC1. The van der Waals surface area contributed by atoms with Crippen molar-refractivity contribution in [3.63, 3.8) is 0 Å². The van der Waals surface area contributed by atoms with Crippen molar-refractivity contribution in [3.8, 4) is 0 Å². The molecule has 0 saturated carbocycles. The molecule has 1 saturated heterocycles. The van der Waals surface area contributed by atoms with Crippen molar-refractivity contribution in [3.05, 3.63) is 0 Å². The molecule has 1 aliphatic rings. The molecule has 1 aliphatic heterocycles. The fourth-order valence-electron chi connectivity index (χ4n) is 1.63. The molecule has 3 nitrogen and oxygen atoms in total. The van der Waals surface area contributed by atoms with Gasteiger partial charge in [0, 0.05) is 12.1 Å². The van der Waals surface area contributed by atoms with Gasteiger partial charge in [-0.3, -0.25) is 4.90 Å². The maximum atomic E-state index is 9.37. The number of rotatable bonds is 2. The van der Waals surface area contributed by atoms with Crippen molar-refractivity contribution in [2.45, 2.75) is 44.9 Å². The molecule has 2 atom stereocenters. The summed E-state index contributed by atoms with van der Waals surface area (Å²) >= 11 is 0. The van der Waals surface area contributed by atoms with E-state index in [1.54, 1.807) is 0 Å². The zero-order valence-corrected chi connectivity index (χ0v) is 8.03. The van der Waals surface area contributed by atoms with Gasteiger partial charge in [0.2, 0.25) is 0 Å². The minimum absolute atomic E-state index is 0.237. The van der Waals surface area contributed by atoms with Gasteiger partial charge in [-0.25, -0.2) is 0 Å². The van der Waals surface area contributed by atoms with Crippen LogP contribution in [0.3, 0.4) is 0 Å². The topological polar surface area (TPSA) is 49.5 Å². The van der Waals surface area contributed by atoms with Gasteiger partial charge < -0.3 is 10.8 Å². The summed E-state index contributed by atoms with van der Waals surface area (Å²) in [7, 11) is 0. The highest BCUT2D eigenvalue weighted by Crippen LogP contribution is 2.13. The third kappa shape index (κ3) is 2.44. The molecule has 2 unspecified atom stereocenters. The van der Waals surface area contributed by atoms with Crippen LogP contribution in [0.4, 0.5) is 0 Å². The minimum Gasteiger partial charge on any atom is -0.392 e. The summed E-state index contributed by atoms with van der Waals surface area (Å²) in [6, 6.07) is 0.653. The van der Waals surface area contributed by atoms with Gasteiger partial charge >= 0.3 is 0 Å². The van der Waals surface area contributed by atoms with Gasteiger partial charge in [0.15, 0.2) is 0 Å². The highest BCUT2D eigenvalue weighted by Gasteiger charge is 2.22. The van der Waals surface area contributed by atoms with E-state index in [2.05, 4.69) is 11.8 Å². The molecule has 0 amide bonds. The number of likely N-dealkylation sites (tertiary alicyclic amines) is 1. The normalized spacial score (nSPS) is 27.0. The van der Waals surface area contributed by atoms with Crippen LogP contribution < -0.4 is 5.73 Å². The van der Waals surface area contributed by atoms with E-state index < -0.39 is 0 Å². The summed E-state index contributed by atoms with van der Waals surface area (Å²) in [6.07, 6.45) is 1.90. The Kier molecular flexibility index (Phi) is 3.50. The van der Waals surface area contributed by atoms with Crippen LogP contribution in [0.2, 0.25) is 0 Å². The number of aliphatic hydroxyl groups is 1. The highest BCUT2D eigenvalue weighted by molar-refractivity contribution is 4.79. The second-order valence-corrected chi connectivity index (χ2v) is 3.85. The predicted molar refractivity (Wildman–Crippen MR) is 49.9 cm³/mol. The molecule has 0 spiro atoms. The first-order valence-corrected chi connectivity index (χ1v) is 4.79. The molecule has 1 fully saturated rings. The first kappa shape index (κ1) is 9.96. The second-order valence-electron chi connectivity index (χ2n) is 3.85. The summed E-state index contributed by atoms with van der Waals surface area (Å²) in [5.74, 6) is 0. The van der Waals surface area contributed by atoms with Crippen molar-refractivity contribution in [1.82, 2.24) is 4.90 Å². The zero-order chi connectivity index (χ0) is 9.14. The molecule has 0 radical (unpaired) electrons. The molecule has 0 bridgehead atoms. The Morgan fingerprint density at radius 2 is 1.83 bits per heavy atom. The standard InChI is InChI=1S/C9H20N2O/c1-7(8(2)12)11-5-3-9(10)4-6-11/h7-9,12H,3-6,10H2,1-2H3. The van der Waals surface area contributed by atoms with Crippen LogP contribution in [0.25, 0.3) is 0 Å². The smallest absolute Gasteiger partial charge is 0.0664 e. The summed E-state index contributed by atoms with van der Waals surface area (Å²) in [4.78, 5) is 2.31. The van der Waals surface area contributed by atoms with Gasteiger partial charge in [-0.15, -0.1) is 0 Å². The van der Waals surface area contributed by atoms with Crippen molar-refractivity contribution in [2.75, 3.05) is 13.1 Å². The molecule has 0 aromatic carbocycles. The largest absolute Gasteiger partial charge is 0.392 e. The Labute approximate surface area is 74.5 Å². The molecule has 1 rings (SSSR count). The Morgan fingerprint density at radius 1 is 1.33 bits per heavy atom. The van der Waals surface area contributed by atoms with Crippen molar-refractivity contribution in [2.24, 2.45) is 5.73 Å². The minimum atomic E-state index is -0.237. The van der Waals surface area contributed by atoms with Gasteiger partial charge in [-0.2, -0.15) is 0 Å². The van der Waals surface area contributed by atoms with Gasteiger partial charge in [0.25, 0.3) is 0 Å². The van der Waals surface area contributed by atoms with Crippen LogP contribution in [-0.4, -0.2) is 41.3 Å². The van der Waals surface area contributed by atoms with E-state index in [9.17, 15) is 5.11 Å². The molecular weight excluding hydrogens is 152 g/mol. The van der Waals surface area contributed by atoms with E-state index in [-0.39, 0.29) is 12.1 Å². The number of nitrogens with zero attached hydrogens (tertiary/aromatic N) is 1. The lowest BCUT2D eigenvalue weighted by Crippen LogP contribution is -2.47. The molecule has 0 aromatic rings. The molecular formula is C9H20N2O. The Balaban J connectivity index is 2.34. The van der Waals surface area contributed by atoms with Crippen LogP contribution >= 0.6 is 0 Å². The van der Waals surface area contributed by atoms with E-state index in [0.717, 1.165) is 25.9 Å². The number of hydrogen-bond acceptors (Lipinski definition) is 3. The summed E-state index contributed by atoms with van der Waals surface area (Å²) in [5.41, 5.74) is 5.78. The average Bonchev–Trinajstić information content (AvgIpc) is 2.04. The van der Waals surface area contributed by atoms with Crippen LogP contribution in [-0.2, 0) is 0 Å². The van der Waals surface area contributed by atoms with Crippen molar-refractivity contribution >= 4 is 0 Å². The third-order valence-corrected chi connectivity index (χ3v) is 2.85. The average molecular weight is 172 g/mol. The Bertz CT molecular complexity index is 130. The Morgan fingerprint density at radius 3 is 2.25 bits per heavy atom. The highest BCUT2D eigenvalue weighted by atomic mass is 16.3. The van der Waals surface area contributed by atoms with Gasteiger partial charge in [0.05, 0.1) is 6.10 Å². The van der Waals surface area contributed by atoms with Gasteiger partial charge in [-0.1, -0.05) is 0 Å². The number of hydrogen-bond donors (Lipinski definition) is 2. The zero-order valence-electron chi connectivity index (χ0n) is 8.03. The number of aliphatic hydroxyl groups excluding tert-OH is 1. The van der Waals surface area contributed by atoms with Crippen molar-refractivity contribution in [1.29, 1.82) is 0 Å². The van der Waals surface area contributed by atoms with Crippen molar-refractivity contribution < 1.29 is 5.11 Å². The van der Waals surface area contributed by atoms with Gasteiger partial charge in [-0.05, 0) is 39.8 Å². The molecule has 3 N–H and O–H groups in total. The number of piperidine rings is 1. The van der Waals surface area contributed by atoms with Crippen LogP contribution in [0.15, 0.2) is 0 Å². The first-order chi connectivity index (χ1) is 5.61. The lowest BCUT2D eigenvalue weighted by molar-refractivity contribution is 0.0557. The summed E-state index contributed by atoms with van der Waals surface area (Å²) in [6.45, 7) is 5.99. The third-order valence-electron chi connectivity index (χ3n) is 2.85. The van der Waals surface area contributed by atoms with Crippen LogP contribution in [0, 0.1) is 0 Å².